The van der Waals surface area contributed by atoms with Crippen molar-refractivity contribution in [2.75, 3.05) is 13.2 Å². The molecule has 0 aliphatic carbocycles. The van der Waals surface area contributed by atoms with Gasteiger partial charge in [0.15, 0.2) is 5.82 Å². The summed E-state index contributed by atoms with van der Waals surface area (Å²) >= 11 is 0. The summed E-state index contributed by atoms with van der Waals surface area (Å²) in [5.41, 5.74) is 2.31. The van der Waals surface area contributed by atoms with Gasteiger partial charge in [-0.05, 0) is 42.8 Å². The number of nitrogens with one attached hydrogen (secondary N) is 2. The van der Waals surface area contributed by atoms with E-state index >= 15 is 0 Å². The van der Waals surface area contributed by atoms with Gasteiger partial charge in [0.2, 0.25) is 0 Å². The van der Waals surface area contributed by atoms with E-state index in [4.69, 9.17) is 4.74 Å². The Bertz CT molecular complexity index is 921. The number of aromatic nitrogens is 4. The molecule has 2 aromatic heterocycles. The van der Waals surface area contributed by atoms with Gasteiger partial charge in [0.1, 0.15) is 18.2 Å². The number of rotatable bonds is 8. The minimum Gasteiger partial charge on any atom is -0.489 e. The Kier molecular flexibility index (Phi) is 5.94. The third kappa shape index (κ3) is 5.24. The molecule has 0 atom stereocenters. The maximum absolute atomic E-state index is 12.3. The summed E-state index contributed by atoms with van der Waals surface area (Å²) in [5.74, 6) is 1.77. The molecule has 0 fully saturated rings. The van der Waals surface area contributed by atoms with Crippen LogP contribution in [-0.2, 0) is 6.42 Å². The topological polar surface area (TPSA) is 92.8 Å². The molecule has 1 aromatic carbocycles. The summed E-state index contributed by atoms with van der Waals surface area (Å²) in [6.07, 6.45) is 3.95. The van der Waals surface area contributed by atoms with Gasteiger partial charge in [-0.15, -0.1) is 0 Å². The zero-order valence-corrected chi connectivity index (χ0v) is 15.1. The highest BCUT2D eigenvalue weighted by Crippen LogP contribution is 2.14. The fourth-order valence-corrected chi connectivity index (χ4v) is 2.36. The van der Waals surface area contributed by atoms with Crippen LogP contribution < -0.4 is 10.1 Å². The molecule has 0 radical (unpaired) electrons. The molecule has 0 aliphatic rings. The molecule has 0 saturated carbocycles. The molecule has 0 aliphatic heterocycles. The lowest BCUT2D eigenvalue weighted by Crippen LogP contribution is -2.26. The third-order valence-electron chi connectivity index (χ3n) is 3.68. The van der Waals surface area contributed by atoms with Crippen molar-refractivity contribution in [2.45, 2.75) is 13.3 Å². The summed E-state index contributed by atoms with van der Waals surface area (Å²) in [6, 6.07) is 10.8. The Morgan fingerprint density at radius 3 is 2.96 bits per heavy atom. The molecule has 2 N–H and O–H groups in total. The standard InChI is InChI=1S/C20H21N5O2/c1-14(2)13-27-17-7-3-5-15(11-17)20(26)22-10-8-18-23-19(25-24-18)16-6-4-9-21-12-16/h3-7,9,11-12H,1,8,10,13H2,2H3,(H,22,26)(H,23,24,25). The highest BCUT2D eigenvalue weighted by atomic mass is 16.5. The van der Waals surface area contributed by atoms with Crippen LogP contribution in [0.5, 0.6) is 5.75 Å². The van der Waals surface area contributed by atoms with E-state index < -0.39 is 0 Å². The van der Waals surface area contributed by atoms with Gasteiger partial charge in [0.05, 0.1) is 0 Å². The number of carbonyl (C=O) groups is 1. The fourth-order valence-electron chi connectivity index (χ4n) is 2.36. The average molecular weight is 363 g/mol. The molecule has 2 heterocycles. The Labute approximate surface area is 157 Å². The number of aromatic amines is 1. The van der Waals surface area contributed by atoms with Crippen molar-refractivity contribution < 1.29 is 9.53 Å². The van der Waals surface area contributed by atoms with Crippen molar-refractivity contribution in [3.8, 4) is 17.1 Å². The second-order valence-electron chi connectivity index (χ2n) is 6.13. The SMILES string of the molecule is C=C(C)COc1cccc(C(=O)NCCc2nc(-c3cccnc3)n[nH]2)c1. The zero-order valence-electron chi connectivity index (χ0n) is 15.1. The van der Waals surface area contributed by atoms with Gasteiger partial charge in [-0.1, -0.05) is 12.6 Å². The van der Waals surface area contributed by atoms with Gasteiger partial charge < -0.3 is 10.1 Å². The van der Waals surface area contributed by atoms with Crippen LogP contribution in [0.4, 0.5) is 0 Å². The summed E-state index contributed by atoms with van der Waals surface area (Å²) in [6.45, 7) is 6.55. The number of hydrogen-bond donors (Lipinski definition) is 2. The van der Waals surface area contributed by atoms with E-state index in [1.807, 2.05) is 25.1 Å². The van der Waals surface area contributed by atoms with Crippen LogP contribution in [0, 0.1) is 0 Å². The van der Waals surface area contributed by atoms with E-state index in [0.717, 1.165) is 11.1 Å². The summed E-state index contributed by atoms with van der Waals surface area (Å²) in [4.78, 5) is 20.8. The van der Waals surface area contributed by atoms with Crippen LogP contribution in [0.2, 0.25) is 0 Å². The predicted molar refractivity (Wildman–Crippen MR) is 102 cm³/mol. The lowest BCUT2D eigenvalue weighted by molar-refractivity contribution is 0.0953. The first-order valence-electron chi connectivity index (χ1n) is 8.59. The molecule has 1 amide bonds. The van der Waals surface area contributed by atoms with Crippen molar-refractivity contribution in [2.24, 2.45) is 0 Å². The van der Waals surface area contributed by atoms with Gasteiger partial charge >= 0.3 is 0 Å². The van der Waals surface area contributed by atoms with E-state index in [2.05, 4.69) is 32.1 Å². The molecule has 7 heteroatoms. The maximum Gasteiger partial charge on any atom is 0.251 e. The van der Waals surface area contributed by atoms with Crippen LogP contribution in [0.1, 0.15) is 23.1 Å². The van der Waals surface area contributed by atoms with Crippen LogP contribution >= 0.6 is 0 Å². The first kappa shape index (κ1) is 18.3. The second-order valence-corrected chi connectivity index (χ2v) is 6.13. The number of carbonyl (C=O) groups excluding carboxylic acids is 1. The van der Waals surface area contributed by atoms with Crippen LogP contribution in [0.15, 0.2) is 60.9 Å². The summed E-state index contributed by atoms with van der Waals surface area (Å²) in [7, 11) is 0. The lowest BCUT2D eigenvalue weighted by atomic mass is 10.2. The first-order chi connectivity index (χ1) is 13.1. The molecule has 138 valence electrons. The highest BCUT2D eigenvalue weighted by Gasteiger charge is 2.09. The maximum atomic E-state index is 12.3. The van der Waals surface area contributed by atoms with E-state index in [1.165, 1.54) is 0 Å². The first-order valence-corrected chi connectivity index (χ1v) is 8.59. The van der Waals surface area contributed by atoms with Crippen molar-refractivity contribution in [3.63, 3.8) is 0 Å². The van der Waals surface area contributed by atoms with Gasteiger partial charge in [0, 0.05) is 36.5 Å². The fraction of sp³-hybridized carbons (Fsp3) is 0.200. The number of hydrogen-bond acceptors (Lipinski definition) is 5. The van der Waals surface area contributed by atoms with Crippen molar-refractivity contribution in [3.05, 3.63) is 72.3 Å². The number of pyridine rings is 1. The molecular formula is C20H21N5O2. The lowest BCUT2D eigenvalue weighted by Gasteiger charge is -2.08. The monoisotopic (exact) mass is 363 g/mol. The molecule has 0 unspecified atom stereocenters. The van der Waals surface area contributed by atoms with E-state index in [1.54, 1.807) is 30.6 Å². The number of nitrogens with zero attached hydrogens (tertiary/aromatic N) is 3. The molecule has 0 spiro atoms. The third-order valence-corrected chi connectivity index (χ3v) is 3.68. The minimum atomic E-state index is -0.164. The van der Waals surface area contributed by atoms with Gasteiger partial charge in [-0.25, -0.2) is 4.98 Å². The van der Waals surface area contributed by atoms with Crippen LogP contribution in [0.3, 0.4) is 0 Å². The quantitative estimate of drug-likeness (QED) is 0.600. The van der Waals surface area contributed by atoms with Crippen molar-refractivity contribution >= 4 is 5.91 Å². The van der Waals surface area contributed by atoms with Gasteiger partial charge in [0.25, 0.3) is 5.91 Å². The average Bonchev–Trinajstić information content (AvgIpc) is 3.16. The Balaban J connectivity index is 1.52. The molecule has 3 rings (SSSR count). The molecule has 7 nitrogen and oxygen atoms in total. The van der Waals surface area contributed by atoms with E-state index in [-0.39, 0.29) is 5.91 Å². The van der Waals surface area contributed by atoms with E-state index in [0.29, 0.717) is 42.5 Å². The largest absolute Gasteiger partial charge is 0.489 e. The predicted octanol–water partition coefficient (Wildman–Crippen LogP) is 2.79. The Morgan fingerprint density at radius 2 is 2.19 bits per heavy atom. The van der Waals surface area contributed by atoms with Crippen molar-refractivity contribution in [1.82, 2.24) is 25.5 Å². The van der Waals surface area contributed by atoms with E-state index in [9.17, 15) is 4.79 Å². The second kappa shape index (κ2) is 8.75. The van der Waals surface area contributed by atoms with Gasteiger partial charge in [-0.2, -0.15) is 5.10 Å². The van der Waals surface area contributed by atoms with Crippen LogP contribution in [-0.4, -0.2) is 39.2 Å². The zero-order chi connectivity index (χ0) is 19.1. The van der Waals surface area contributed by atoms with Gasteiger partial charge in [-0.3, -0.25) is 14.9 Å². The molecular weight excluding hydrogens is 342 g/mol. The number of H-pyrrole nitrogens is 1. The normalized spacial score (nSPS) is 10.4. The number of ether oxygens (including phenoxy) is 1. The van der Waals surface area contributed by atoms with Crippen LogP contribution in [0.25, 0.3) is 11.4 Å². The Morgan fingerprint density at radius 1 is 1.30 bits per heavy atom. The highest BCUT2D eigenvalue weighted by molar-refractivity contribution is 5.94. The molecule has 0 bridgehead atoms. The Hall–Kier alpha value is -3.48. The van der Waals surface area contributed by atoms with Crippen molar-refractivity contribution in [1.29, 1.82) is 0 Å². The summed E-state index contributed by atoms with van der Waals surface area (Å²) in [5, 5.41) is 9.94. The number of amides is 1. The number of benzene rings is 1. The summed E-state index contributed by atoms with van der Waals surface area (Å²) < 4.78 is 5.57. The minimum absolute atomic E-state index is 0.164. The molecule has 0 saturated heterocycles. The molecule has 27 heavy (non-hydrogen) atoms. The molecule has 3 aromatic rings. The smallest absolute Gasteiger partial charge is 0.251 e.